The molecule has 0 bridgehead atoms. The SMILES string of the molecule is NCc1cccc(OCCCSc2cccc(F)c2)c1. The molecule has 0 fully saturated rings. The van der Waals surface area contributed by atoms with Gasteiger partial charge in [0.1, 0.15) is 11.6 Å². The zero-order chi connectivity index (χ0) is 14.2. The van der Waals surface area contributed by atoms with E-state index >= 15 is 0 Å². The zero-order valence-corrected chi connectivity index (χ0v) is 12.0. The first-order valence-electron chi connectivity index (χ1n) is 6.58. The van der Waals surface area contributed by atoms with E-state index in [1.807, 2.05) is 30.3 Å². The third kappa shape index (κ3) is 4.87. The Morgan fingerprint density at radius 2 is 1.95 bits per heavy atom. The van der Waals surface area contributed by atoms with Crippen LogP contribution in [-0.2, 0) is 6.54 Å². The van der Waals surface area contributed by atoms with Crippen molar-refractivity contribution in [2.75, 3.05) is 12.4 Å². The second kappa shape index (κ2) is 7.92. The van der Waals surface area contributed by atoms with Crippen LogP contribution in [0.2, 0.25) is 0 Å². The highest BCUT2D eigenvalue weighted by atomic mass is 32.2. The van der Waals surface area contributed by atoms with Crippen molar-refractivity contribution in [3.05, 3.63) is 59.9 Å². The maximum atomic E-state index is 13.0. The Labute approximate surface area is 123 Å². The van der Waals surface area contributed by atoms with Gasteiger partial charge in [0, 0.05) is 17.2 Å². The topological polar surface area (TPSA) is 35.2 Å². The number of hydrogen-bond acceptors (Lipinski definition) is 3. The maximum Gasteiger partial charge on any atom is 0.124 e. The summed E-state index contributed by atoms with van der Waals surface area (Å²) in [7, 11) is 0. The van der Waals surface area contributed by atoms with Crippen LogP contribution in [0.5, 0.6) is 5.75 Å². The highest BCUT2D eigenvalue weighted by Crippen LogP contribution is 2.20. The van der Waals surface area contributed by atoms with E-state index in [9.17, 15) is 4.39 Å². The maximum absolute atomic E-state index is 13.0. The molecule has 0 aromatic heterocycles. The van der Waals surface area contributed by atoms with Gasteiger partial charge >= 0.3 is 0 Å². The molecule has 0 saturated heterocycles. The summed E-state index contributed by atoms with van der Waals surface area (Å²) in [5, 5.41) is 0. The van der Waals surface area contributed by atoms with Crippen molar-refractivity contribution in [2.45, 2.75) is 17.9 Å². The van der Waals surface area contributed by atoms with Gasteiger partial charge in [-0.1, -0.05) is 18.2 Å². The molecule has 106 valence electrons. The van der Waals surface area contributed by atoms with Crippen molar-refractivity contribution in [2.24, 2.45) is 5.73 Å². The summed E-state index contributed by atoms with van der Waals surface area (Å²) in [5.74, 6) is 1.56. The number of benzene rings is 2. The van der Waals surface area contributed by atoms with Crippen molar-refractivity contribution in [1.29, 1.82) is 0 Å². The molecule has 0 heterocycles. The minimum atomic E-state index is -0.190. The zero-order valence-electron chi connectivity index (χ0n) is 11.2. The largest absolute Gasteiger partial charge is 0.494 e. The van der Waals surface area contributed by atoms with Crippen molar-refractivity contribution >= 4 is 11.8 Å². The van der Waals surface area contributed by atoms with Gasteiger partial charge in [0.2, 0.25) is 0 Å². The molecular weight excluding hydrogens is 273 g/mol. The molecule has 4 heteroatoms. The van der Waals surface area contributed by atoms with Crippen LogP contribution in [0.1, 0.15) is 12.0 Å². The normalized spacial score (nSPS) is 10.5. The van der Waals surface area contributed by atoms with Crippen LogP contribution in [-0.4, -0.2) is 12.4 Å². The fraction of sp³-hybridized carbons (Fsp3) is 0.250. The van der Waals surface area contributed by atoms with Crippen molar-refractivity contribution < 1.29 is 9.13 Å². The summed E-state index contributed by atoms with van der Waals surface area (Å²) in [6, 6.07) is 14.5. The molecule has 0 spiro atoms. The Hall–Kier alpha value is -1.52. The third-order valence-corrected chi connectivity index (χ3v) is 3.84. The molecule has 2 aromatic rings. The minimum Gasteiger partial charge on any atom is -0.494 e. The number of hydrogen-bond donors (Lipinski definition) is 1. The molecule has 0 amide bonds. The number of ether oxygens (including phenoxy) is 1. The van der Waals surface area contributed by atoms with Crippen LogP contribution in [0.3, 0.4) is 0 Å². The monoisotopic (exact) mass is 291 g/mol. The number of thioether (sulfide) groups is 1. The van der Waals surface area contributed by atoms with Gasteiger partial charge in [-0.05, 0) is 42.3 Å². The first kappa shape index (κ1) is 14.9. The molecule has 0 aliphatic heterocycles. The fourth-order valence-electron chi connectivity index (χ4n) is 1.76. The first-order chi connectivity index (χ1) is 9.78. The third-order valence-electron chi connectivity index (χ3n) is 2.76. The Morgan fingerprint density at radius 3 is 2.75 bits per heavy atom. The van der Waals surface area contributed by atoms with E-state index < -0.39 is 0 Å². The molecule has 2 rings (SSSR count). The molecule has 0 aliphatic rings. The second-order valence-corrected chi connectivity index (χ2v) is 5.53. The Bertz CT molecular complexity index is 548. The number of halogens is 1. The summed E-state index contributed by atoms with van der Waals surface area (Å²) in [6.07, 6.45) is 0.911. The van der Waals surface area contributed by atoms with Crippen LogP contribution in [0, 0.1) is 5.82 Å². The van der Waals surface area contributed by atoms with E-state index in [1.54, 1.807) is 23.9 Å². The van der Waals surface area contributed by atoms with Crippen molar-refractivity contribution in [3.8, 4) is 5.75 Å². The van der Waals surface area contributed by atoms with E-state index in [0.29, 0.717) is 13.2 Å². The first-order valence-corrected chi connectivity index (χ1v) is 7.56. The van der Waals surface area contributed by atoms with Crippen LogP contribution < -0.4 is 10.5 Å². The summed E-state index contributed by atoms with van der Waals surface area (Å²) in [6.45, 7) is 1.17. The standard InChI is InChI=1S/C16H18FNOS/c17-14-5-2-7-16(11-14)20-9-3-8-19-15-6-1-4-13(10-15)12-18/h1-2,4-7,10-11H,3,8-9,12,18H2. The van der Waals surface area contributed by atoms with Crippen LogP contribution >= 0.6 is 11.8 Å². The Kier molecular flexibility index (Phi) is 5.89. The van der Waals surface area contributed by atoms with Gasteiger partial charge in [-0.3, -0.25) is 0 Å². The summed E-state index contributed by atoms with van der Waals surface area (Å²) in [4.78, 5) is 0.954. The van der Waals surface area contributed by atoms with Gasteiger partial charge < -0.3 is 10.5 Å². The van der Waals surface area contributed by atoms with Crippen LogP contribution in [0.15, 0.2) is 53.4 Å². The Morgan fingerprint density at radius 1 is 1.10 bits per heavy atom. The van der Waals surface area contributed by atoms with Gasteiger partial charge in [-0.2, -0.15) is 0 Å². The second-order valence-electron chi connectivity index (χ2n) is 4.36. The number of rotatable bonds is 7. The molecule has 0 unspecified atom stereocenters. The number of nitrogens with two attached hydrogens (primary N) is 1. The van der Waals surface area contributed by atoms with Gasteiger partial charge in [-0.25, -0.2) is 4.39 Å². The summed E-state index contributed by atoms with van der Waals surface area (Å²) in [5.41, 5.74) is 6.65. The van der Waals surface area contributed by atoms with Gasteiger partial charge in [0.25, 0.3) is 0 Å². The predicted octanol–water partition coefficient (Wildman–Crippen LogP) is 3.85. The fourth-order valence-corrected chi connectivity index (χ4v) is 2.63. The average Bonchev–Trinajstić information content (AvgIpc) is 2.47. The highest BCUT2D eigenvalue weighted by molar-refractivity contribution is 7.99. The Balaban J connectivity index is 1.68. The van der Waals surface area contributed by atoms with Gasteiger partial charge in [-0.15, -0.1) is 11.8 Å². The molecule has 0 aliphatic carbocycles. The van der Waals surface area contributed by atoms with Crippen molar-refractivity contribution in [1.82, 2.24) is 0 Å². The molecule has 2 nitrogen and oxygen atoms in total. The molecule has 0 radical (unpaired) electrons. The lowest BCUT2D eigenvalue weighted by molar-refractivity contribution is 0.318. The highest BCUT2D eigenvalue weighted by Gasteiger charge is 1.98. The molecule has 0 saturated carbocycles. The quantitative estimate of drug-likeness (QED) is 0.622. The van der Waals surface area contributed by atoms with E-state index in [2.05, 4.69) is 0 Å². The summed E-state index contributed by atoms with van der Waals surface area (Å²) < 4.78 is 18.7. The lowest BCUT2D eigenvalue weighted by Crippen LogP contribution is -2.00. The van der Waals surface area contributed by atoms with Gasteiger partial charge in [0.05, 0.1) is 6.61 Å². The van der Waals surface area contributed by atoms with Crippen molar-refractivity contribution in [3.63, 3.8) is 0 Å². The molecule has 2 N–H and O–H groups in total. The molecule has 20 heavy (non-hydrogen) atoms. The molecule has 0 atom stereocenters. The van der Waals surface area contributed by atoms with Gasteiger partial charge in [0.15, 0.2) is 0 Å². The van der Waals surface area contributed by atoms with E-state index in [1.165, 1.54) is 6.07 Å². The molecule has 2 aromatic carbocycles. The average molecular weight is 291 g/mol. The van der Waals surface area contributed by atoms with Crippen LogP contribution in [0.25, 0.3) is 0 Å². The summed E-state index contributed by atoms with van der Waals surface area (Å²) >= 11 is 1.64. The van der Waals surface area contributed by atoms with E-state index in [-0.39, 0.29) is 5.82 Å². The lowest BCUT2D eigenvalue weighted by atomic mass is 10.2. The minimum absolute atomic E-state index is 0.190. The predicted molar refractivity (Wildman–Crippen MR) is 81.6 cm³/mol. The van der Waals surface area contributed by atoms with E-state index in [0.717, 1.165) is 28.4 Å². The van der Waals surface area contributed by atoms with E-state index in [4.69, 9.17) is 10.5 Å². The smallest absolute Gasteiger partial charge is 0.124 e. The lowest BCUT2D eigenvalue weighted by Gasteiger charge is -2.07. The van der Waals surface area contributed by atoms with Crippen LogP contribution in [0.4, 0.5) is 4.39 Å². The molecular formula is C16H18FNOS.